The highest BCUT2D eigenvalue weighted by atomic mass is 16.1. The number of nitrogens with zero attached hydrogens (tertiary/aromatic N) is 2. The predicted octanol–water partition coefficient (Wildman–Crippen LogP) is 1.61. The van der Waals surface area contributed by atoms with Gasteiger partial charge in [0.15, 0.2) is 0 Å². The Morgan fingerprint density at radius 1 is 1.50 bits per heavy atom. The number of amides is 1. The number of nitrogens with one attached hydrogen (secondary N) is 2. The van der Waals surface area contributed by atoms with E-state index in [1.165, 1.54) is 0 Å². The minimum Gasteiger partial charge on any atom is -0.350 e. The van der Waals surface area contributed by atoms with Gasteiger partial charge in [0.1, 0.15) is 0 Å². The van der Waals surface area contributed by atoms with Gasteiger partial charge in [-0.05, 0) is 30.5 Å². The molecule has 1 atom stereocenters. The molecule has 0 bridgehead atoms. The number of hydrogen-bond acceptors (Lipinski definition) is 3. The monoisotopic (exact) mass is 244 g/mol. The van der Waals surface area contributed by atoms with Gasteiger partial charge in [0, 0.05) is 25.0 Å². The van der Waals surface area contributed by atoms with Gasteiger partial charge < -0.3 is 5.32 Å². The lowest BCUT2D eigenvalue weighted by Gasteiger charge is -2.13. The topological polar surface area (TPSA) is 70.7 Å². The minimum absolute atomic E-state index is 0.0180. The van der Waals surface area contributed by atoms with Crippen LogP contribution < -0.4 is 5.32 Å². The van der Waals surface area contributed by atoms with Gasteiger partial charge in [0.25, 0.3) is 0 Å². The SMILES string of the molecule is CC(NC(=O)CCc1cn[nH]c1)c1cccnc1. The van der Waals surface area contributed by atoms with Crippen LogP contribution in [0.1, 0.15) is 30.5 Å². The van der Waals surface area contributed by atoms with Crippen molar-refractivity contribution in [3.8, 4) is 0 Å². The number of aromatic amines is 1. The number of aromatic nitrogens is 3. The molecule has 94 valence electrons. The second-order valence-corrected chi connectivity index (χ2v) is 4.18. The van der Waals surface area contributed by atoms with Gasteiger partial charge in [0.2, 0.25) is 5.91 Å². The number of H-pyrrole nitrogens is 1. The summed E-state index contributed by atoms with van der Waals surface area (Å²) in [6.45, 7) is 1.95. The second kappa shape index (κ2) is 5.95. The lowest BCUT2D eigenvalue weighted by molar-refractivity contribution is -0.121. The van der Waals surface area contributed by atoms with Gasteiger partial charge in [-0.25, -0.2) is 0 Å². The molecule has 18 heavy (non-hydrogen) atoms. The van der Waals surface area contributed by atoms with Crippen LogP contribution in [0.15, 0.2) is 36.9 Å². The molecule has 2 aromatic rings. The fraction of sp³-hybridized carbons (Fsp3) is 0.308. The normalized spacial score (nSPS) is 12.1. The molecule has 5 heteroatoms. The largest absolute Gasteiger partial charge is 0.350 e. The van der Waals surface area contributed by atoms with Crippen molar-refractivity contribution in [2.75, 3.05) is 0 Å². The van der Waals surface area contributed by atoms with Crippen molar-refractivity contribution < 1.29 is 4.79 Å². The van der Waals surface area contributed by atoms with E-state index in [4.69, 9.17) is 0 Å². The standard InChI is InChI=1S/C13H16N4O/c1-10(12-3-2-6-14-9-12)17-13(18)5-4-11-7-15-16-8-11/h2-3,6-10H,4-5H2,1H3,(H,15,16)(H,17,18). The van der Waals surface area contributed by atoms with Gasteiger partial charge >= 0.3 is 0 Å². The Hall–Kier alpha value is -2.17. The summed E-state index contributed by atoms with van der Waals surface area (Å²) < 4.78 is 0. The van der Waals surface area contributed by atoms with E-state index in [-0.39, 0.29) is 11.9 Å². The smallest absolute Gasteiger partial charge is 0.220 e. The van der Waals surface area contributed by atoms with Gasteiger partial charge in [-0.2, -0.15) is 5.10 Å². The highest BCUT2D eigenvalue weighted by Crippen LogP contribution is 2.10. The van der Waals surface area contributed by atoms with E-state index in [2.05, 4.69) is 20.5 Å². The van der Waals surface area contributed by atoms with Crippen LogP contribution in [0.2, 0.25) is 0 Å². The van der Waals surface area contributed by atoms with Crippen LogP contribution in [0.5, 0.6) is 0 Å². The Morgan fingerprint density at radius 3 is 3.06 bits per heavy atom. The Labute approximate surface area is 106 Å². The molecule has 2 N–H and O–H groups in total. The van der Waals surface area contributed by atoms with Crippen molar-refractivity contribution in [1.82, 2.24) is 20.5 Å². The first kappa shape index (κ1) is 12.3. The van der Waals surface area contributed by atoms with Crippen LogP contribution in [-0.4, -0.2) is 21.1 Å². The average Bonchev–Trinajstić information content (AvgIpc) is 2.90. The van der Waals surface area contributed by atoms with E-state index in [9.17, 15) is 4.79 Å². The highest BCUT2D eigenvalue weighted by molar-refractivity contribution is 5.76. The number of carbonyl (C=O) groups is 1. The molecule has 1 amide bonds. The molecule has 0 aliphatic rings. The average molecular weight is 244 g/mol. The number of carbonyl (C=O) groups excluding carboxylic acids is 1. The van der Waals surface area contributed by atoms with Crippen molar-refractivity contribution in [3.05, 3.63) is 48.0 Å². The number of pyridine rings is 1. The molecule has 2 heterocycles. The highest BCUT2D eigenvalue weighted by Gasteiger charge is 2.09. The maximum Gasteiger partial charge on any atom is 0.220 e. The Bertz CT molecular complexity index is 481. The summed E-state index contributed by atoms with van der Waals surface area (Å²) in [5.41, 5.74) is 2.05. The van der Waals surface area contributed by atoms with E-state index in [0.29, 0.717) is 12.8 Å². The maximum atomic E-state index is 11.8. The molecule has 0 fully saturated rings. The fourth-order valence-corrected chi connectivity index (χ4v) is 1.70. The van der Waals surface area contributed by atoms with Crippen molar-refractivity contribution in [3.63, 3.8) is 0 Å². The Morgan fingerprint density at radius 2 is 2.39 bits per heavy atom. The van der Waals surface area contributed by atoms with Crippen molar-refractivity contribution in [1.29, 1.82) is 0 Å². The van der Waals surface area contributed by atoms with Gasteiger partial charge in [-0.15, -0.1) is 0 Å². The van der Waals surface area contributed by atoms with Crippen molar-refractivity contribution in [2.24, 2.45) is 0 Å². The van der Waals surface area contributed by atoms with Crippen LogP contribution in [0, 0.1) is 0 Å². The second-order valence-electron chi connectivity index (χ2n) is 4.18. The fourth-order valence-electron chi connectivity index (χ4n) is 1.70. The Kier molecular flexibility index (Phi) is 4.06. The Balaban J connectivity index is 1.80. The molecule has 5 nitrogen and oxygen atoms in total. The van der Waals surface area contributed by atoms with Crippen LogP contribution >= 0.6 is 0 Å². The molecular weight excluding hydrogens is 228 g/mol. The first-order valence-corrected chi connectivity index (χ1v) is 5.92. The molecule has 0 aromatic carbocycles. The first-order valence-electron chi connectivity index (χ1n) is 5.92. The van der Waals surface area contributed by atoms with E-state index in [0.717, 1.165) is 11.1 Å². The van der Waals surface area contributed by atoms with E-state index >= 15 is 0 Å². The molecule has 2 aromatic heterocycles. The third-order valence-electron chi connectivity index (χ3n) is 2.76. The lowest BCUT2D eigenvalue weighted by atomic mass is 10.1. The van der Waals surface area contributed by atoms with E-state index in [1.54, 1.807) is 24.8 Å². The molecule has 0 saturated carbocycles. The van der Waals surface area contributed by atoms with Crippen LogP contribution in [0.3, 0.4) is 0 Å². The number of aryl methyl sites for hydroxylation is 1. The molecule has 1 unspecified atom stereocenters. The summed E-state index contributed by atoms with van der Waals surface area (Å²) in [6, 6.07) is 3.80. The molecule has 2 rings (SSSR count). The number of hydrogen-bond donors (Lipinski definition) is 2. The third kappa shape index (κ3) is 3.41. The minimum atomic E-state index is -0.0180. The molecule has 0 aliphatic carbocycles. The molecular formula is C13H16N4O. The molecule has 0 saturated heterocycles. The predicted molar refractivity (Wildman–Crippen MR) is 67.7 cm³/mol. The zero-order chi connectivity index (χ0) is 12.8. The summed E-state index contributed by atoms with van der Waals surface area (Å²) in [7, 11) is 0. The summed E-state index contributed by atoms with van der Waals surface area (Å²) >= 11 is 0. The van der Waals surface area contributed by atoms with E-state index in [1.807, 2.05) is 19.1 Å². The summed E-state index contributed by atoms with van der Waals surface area (Å²) in [5, 5.41) is 9.52. The molecule has 0 spiro atoms. The van der Waals surface area contributed by atoms with Crippen LogP contribution in [-0.2, 0) is 11.2 Å². The molecule has 0 aliphatic heterocycles. The zero-order valence-electron chi connectivity index (χ0n) is 10.3. The van der Waals surface area contributed by atoms with Gasteiger partial charge in [-0.3, -0.25) is 14.9 Å². The summed E-state index contributed by atoms with van der Waals surface area (Å²) in [5.74, 6) is 0.0348. The van der Waals surface area contributed by atoms with Crippen molar-refractivity contribution >= 4 is 5.91 Å². The van der Waals surface area contributed by atoms with E-state index < -0.39 is 0 Å². The third-order valence-corrected chi connectivity index (χ3v) is 2.76. The van der Waals surface area contributed by atoms with Crippen LogP contribution in [0.25, 0.3) is 0 Å². The van der Waals surface area contributed by atoms with Crippen molar-refractivity contribution in [2.45, 2.75) is 25.8 Å². The zero-order valence-corrected chi connectivity index (χ0v) is 10.3. The maximum absolute atomic E-state index is 11.8. The first-order chi connectivity index (χ1) is 8.75. The van der Waals surface area contributed by atoms with Gasteiger partial charge in [0.05, 0.1) is 12.2 Å². The summed E-state index contributed by atoms with van der Waals surface area (Å²) in [6.07, 6.45) is 8.18. The summed E-state index contributed by atoms with van der Waals surface area (Å²) in [4.78, 5) is 15.8. The number of rotatable bonds is 5. The van der Waals surface area contributed by atoms with Gasteiger partial charge in [-0.1, -0.05) is 6.07 Å². The molecule has 0 radical (unpaired) electrons. The van der Waals surface area contributed by atoms with Crippen LogP contribution in [0.4, 0.5) is 0 Å². The quantitative estimate of drug-likeness (QED) is 0.839. The lowest BCUT2D eigenvalue weighted by Crippen LogP contribution is -2.26.